The van der Waals surface area contributed by atoms with E-state index >= 15 is 0 Å². The Bertz CT molecular complexity index is 324. The van der Waals surface area contributed by atoms with Crippen LogP contribution in [0.15, 0.2) is 17.2 Å². The number of rotatable bonds is 5. The van der Waals surface area contributed by atoms with Gasteiger partial charge in [0.15, 0.2) is 0 Å². The third-order valence-corrected chi connectivity index (χ3v) is 1.93. The first-order valence-corrected chi connectivity index (χ1v) is 4.62. The number of nitrogens with one attached hydrogen (secondary N) is 2. The number of hydrogen-bond donors (Lipinski definition) is 3. The van der Waals surface area contributed by atoms with Gasteiger partial charge in [0.05, 0.1) is 6.33 Å². The van der Waals surface area contributed by atoms with E-state index in [0.29, 0.717) is 18.3 Å². The number of aliphatic hydroxyl groups is 1. The zero-order chi connectivity index (χ0) is 10.4. The molecule has 0 saturated heterocycles. The molecule has 3 N–H and O–H groups in total. The fourth-order valence-corrected chi connectivity index (χ4v) is 1.07. The quantitative estimate of drug-likeness (QED) is 0.630. The molecular formula is C9H15N3O2. The van der Waals surface area contributed by atoms with Gasteiger partial charge in [-0.1, -0.05) is 6.92 Å². The van der Waals surface area contributed by atoms with Crippen molar-refractivity contribution in [2.45, 2.75) is 13.3 Å². The van der Waals surface area contributed by atoms with Crippen molar-refractivity contribution >= 4 is 5.82 Å². The molecule has 5 heteroatoms. The van der Waals surface area contributed by atoms with Crippen LogP contribution in [0.25, 0.3) is 0 Å². The molecule has 0 aliphatic carbocycles. The minimum atomic E-state index is -0.169. The van der Waals surface area contributed by atoms with Crippen LogP contribution in [0.4, 0.5) is 5.82 Å². The molecule has 0 spiro atoms. The SMILES string of the molecule is CC(CCO)CNc1cc(=O)[nH]cn1. The first-order chi connectivity index (χ1) is 6.72. The minimum absolute atomic E-state index is 0.169. The average Bonchev–Trinajstić information content (AvgIpc) is 2.15. The van der Waals surface area contributed by atoms with Gasteiger partial charge in [-0.05, 0) is 12.3 Å². The highest BCUT2D eigenvalue weighted by Crippen LogP contribution is 2.02. The van der Waals surface area contributed by atoms with E-state index in [0.717, 1.165) is 6.42 Å². The highest BCUT2D eigenvalue weighted by molar-refractivity contribution is 5.31. The number of anilines is 1. The van der Waals surface area contributed by atoms with E-state index < -0.39 is 0 Å². The summed E-state index contributed by atoms with van der Waals surface area (Å²) in [5.74, 6) is 0.930. The van der Waals surface area contributed by atoms with Crippen molar-refractivity contribution in [2.24, 2.45) is 5.92 Å². The Kier molecular flexibility index (Phi) is 4.12. The summed E-state index contributed by atoms with van der Waals surface area (Å²) < 4.78 is 0. The molecule has 1 aromatic heterocycles. The van der Waals surface area contributed by atoms with E-state index in [9.17, 15) is 4.79 Å². The maximum atomic E-state index is 10.9. The summed E-state index contributed by atoms with van der Waals surface area (Å²) in [5.41, 5.74) is -0.169. The molecule has 1 atom stereocenters. The summed E-state index contributed by atoms with van der Waals surface area (Å²) in [6, 6.07) is 1.41. The predicted octanol–water partition coefficient (Wildman–Crippen LogP) is 0.200. The molecule has 0 fully saturated rings. The topological polar surface area (TPSA) is 78.0 Å². The third-order valence-electron chi connectivity index (χ3n) is 1.93. The molecule has 0 aromatic carbocycles. The summed E-state index contributed by atoms with van der Waals surface area (Å²) in [6.45, 7) is 2.92. The smallest absolute Gasteiger partial charge is 0.252 e. The van der Waals surface area contributed by atoms with Crippen molar-refractivity contribution < 1.29 is 5.11 Å². The molecular weight excluding hydrogens is 182 g/mol. The summed E-state index contributed by atoms with van der Waals surface area (Å²) in [5, 5.41) is 11.7. The molecule has 14 heavy (non-hydrogen) atoms. The number of aliphatic hydroxyl groups excluding tert-OH is 1. The fraction of sp³-hybridized carbons (Fsp3) is 0.556. The lowest BCUT2D eigenvalue weighted by Crippen LogP contribution is -2.15. The summed E-state index contributed by atoms with van der Waals surface area (Å²) in [6.07, 6.45) is 2.11. The average molecular weight is 197 g/mol. The molecule has 0 aliphatic heterocycles. The van der Waals surface area contributed by atoms with Crippen LogP contribution in [-0.2, 0) is 0 Å². The van der Waals surface area contributed by atoms with Crippen LogP contribution in [-0.4, -0.2) is 28.2 Å². The Labute approximate surface area is 82.2 Å². The Morgan fingerprint density at radius 1 is 1.71 bits per heavy atom. The zero-order valence-electron chi connectivity index (χ0n) is 8.16. The molecule has 1 rings (SSSR count). The first-order valence-electron chi connectivity index (χ1n) is 4.62. The summed E-state index contributed by atoms with van der Waals surface area (Å²) in [7, 11) is 0. The van der Waals surface area contributed by atoms with Gasteiger partial charge < -0.3 is 15.4 Å². The molecule has 0 amide bonds. The highest BCUT2D eigenvalue weighted by Gasteiger charge is 2.01. The molecule has 0 bridgehead atoms. The second-order valence-corrected chi connectivity index (χ2v) is 3.29. The van der Waals surface area contributed by atoms with Gasteiger partial charge in [0.25, 0.3) is 5.56 Å². The second-order valence-electron chi connectivity index (χ2n) is 3.29. The molecule has 0 radical (unpaired) electrons. The van der Waals surface area contributed by atoms with Gasteiger partial charge in [0.2, 0.25) is 0 Å². The van der Waals surface area contributed by atoms with Crippen molar-refractivity contribution in [2.75, 3.05) is 18.5 Å². The van der Waals surface area contributed by atoms with Crippen LogP contribution in [0.1, 0.15) is 13.3 Å². The van der Waals surface area contributed by atoms with Gasteiger partial charge in [-0.3, -0.25) is 4.79 Å². The van der Waals surface area contributed by atoms with Crippen molar-refractivity contribution in [3.63, 3.8) is 0 Å². The Morgan fingerprint density at radius 2 is 2.50 bits per heavy atom. The van der Waals surface area contributed by atoms with E-state index in [-0.39, 0.29) is 12.2 Å². The summed E-state index contributed by atoms with van der Waals surface area (Å²) in [4.78, 5) is 17.3. The normalized spacial score (nSPS) is 12.4. The fourth-order valence-electron chi connectivity index (χ4n) is 1.07. The van der Waals surface area contributed by atoms with Crippen molar-refractivity contribution in [1.82, 2.24) is 9.97 Å². The minimum Gasteiger partial charge on any atom is -0.396 e. The van der Waals surface area contributed by atoms with Gasteiger partial charge in [-0.2, -0.15) is 0 Å². The first kappa shape index (κ1) is 10.7. The highest BCUT2D eigenvalue weighted by atomic mass is 16.3. The summed E-state index contributed by atoms with van der Waals surface area (Å²) >= 11 is 0. The van der Waals surface area contributed by atoms with E-state index in [1.165, 1.54) is 12.4 Å². The molecule has 0 saturated carbocycles. The van der Waals surface area contributed by atoms with Gasteiger partial charge in [-0.15, -0.1) is 0 Å². The van der Waals surface area contributed by atoms with E-state index in [1.807, 2.05) is 6.92 Å². The van der Waals surface area contributed by atoms with Crippen LogP contribution in [0.2, 0.25) is 0 Å². The maximum Gasteiger partial charge on any atom is 0.252 e. The predicted molar refractivity (Wildman–Crippen MR) is 54.2 cm³/mol. The molecule has 1 unspecified atom stereocenters. The molecule has 5 nitrogen and oxygen atoms in total. The van der Waals surface area contributed by atoms with Crippen LogP contribution in [0, 0.1) is 5.92 Å². The Morgan fingerprint density at radius 3 is 3.14 bits per heavy atom. The molecule has 1 aromatic rings. The van der Waals surface area contributed by atoms with Gasteiger partial charge in [0, 0.05) is 19.2 Å². The largest absolute Gasteiger partial charge is 0.396 e. The number of hydrogen-bond acceptors (Lipinski definition) is 4. The van der Waals surface area contributed by atoms with Crippen molar-refractivity contribution in [3.05, 3.63) is 22.7 Å². The third kappa shape index (κ3) is 3.57. The van der Waals surface area contributed by atoms with Gasteiger partial charge in [0.1, 0.15) is 5.82 Å². The Hall–Kier alpha value is -1.36. The van der Waals surface area contributed by atoms with E-state index in [2.05, 4.69) is 15.3 Å². The van der Waals surface area contributed by atoms with Crippen LogP contribution in [0.5, 0.6) is 0 Å². The zero-order valence-corrected chi connectivity index (χ0v) is 8.16. The van der Waals surface area contributed by atoms with E-state index in [1.54, 1.807) is 0 Å². The lowest BCUT2D eigenvalue weighted by Gasteiger charge is -2.10. The lowest BCUT2D eigenvalue weighted by molar-refractivity contribution is 0.266. The van der Waals surface area contributed by atoms with Crippen molar-refractivity contribution in [3.8, 4) is 0 Å². The van der Waals surface area contributed by atoms with Crippen LogP contribution < -0.4 is 10.9 Å². The van der Waals surface area contributed by atoms with Crippen LogP contribution in [0.3, 0.4) is 0 Å². The second kappa shape index (κ2) is 5.39. The molecule has 1 heterocycles. The number of aromatic amines is 1. The molecule has 0 aliphatic rings. The standard InChI is InChI=1S/C9H15N3O2/c1-7(2-3-13)5-10-8-4-9(14)12-6-11-8/h4,6-7,13H,2-3,5H2,1H3,(H2,10,11,12,14). The monoisotopic (exact) mass is 197 g/mol. The van der Waals surface area contributed by atoms with Crippen LogP contribution >= 0.6 is 0 Å². The van der Waals surface area contributed by atoms with E-state index in [4.69, 9.17) is 5.11 Å². The Balaban J connectivity index is 2.41. The lowest BCUT2D eigenvalue weighted by atomic mass is 10.1. The van der Waals surface area contributed by atoms with Gasteiger partial charge in [-0.25, -0.2) is 4.98 Å². The number of H-pyrrole nitrogens is 1. The number of nitrogens with zero attached hydrogens (tertiary/aromatic N) is 1. The number of aromatic nitrogens is 2. The van der Waals surface area contributed by atoms with Crippen molar-refractivity contribution in [1.29, 1.82) is 0 Å². The van der Waals surface area contributed by atoms with Gasteiger partial charge >= 0.3 is 0 Å². The maximum absolute atomic E-state index is 10.9. The molecule has 78 valence electrons.